The number of aromatic nitrogens is 2. The summed E-state index contributed by atoms with van der Waals surface area (Å²) >= 11 is 0. The number of hydrogen-bond acceptors (Lipinski definition) is 5. The first-order valence-electron chi connectivity index (χ1n) is 8.09. The fourth-order valence-corrected chi connectivity index (χ4v) is 4.45. The Kier molecular flexibility index (Phi) is 4.45. The van der Waals surface area contributed by atoms with E-state index in [2.05, 4.69) is 29.8 Å². The molecule has 2 heterocycles. The van der Waals surface area contributed by atoms with Crippen LogP contribution in [-0.4, -0.2) is 58.9 Å². The minimum Gasteiger partial charge on any atom is -0.336 e. The van der Waals surface area contributed by atoms with Gasteiger partial charge >= 0.3 is 0 Å². The van der Waals surface area contributed by atoms with Crippen LogP contribution in [-0.2, 0) is 16.6 Å². The van der Waals surface area contributed by atoms with Crippen molar-refractivity contribution in [3.8, 4) is 6.07 Å². The highest BCUT2D eigenvalue weighted by atomic mass is 32.2. The maximum Gasteiger partial charge on any atom is 0.262 e. The first-order chi connectivity index (χ1) is 10.9. The predicted octanol–water partition coefficient (Wildman–Crippen LogP) is 0.900. The van der Waals surface area contributed by atoms with Gasteiger partial charge in [0.1, 0.15) is 6.04 Å². The Hall–Kier alpha value is -1.43. The van der Waals surface area contributed by atoms with Gasteiger partial charge in [-0.1, -0.05) is 13.8 Å². The van der Waals surface area contributed by atoms with Crippen molar-refractivity contribution in [1.82, 2.24) is 18.8 Å². The third-order valence-corrected chi connectivity index (χ3v) is 6.09. The molecule has 7 nitrogen and oxygen atoms in total. The molecule has 8 heteroatoms. The van der Waals surface area contributed by atoms with E-state index in [1.165, 1.54) is 4.31 Å². The van der Waals surface area contributed by atoms with Crippen LogP contribution in [0.5, 0.6) is 0 Å². The van der Waals surface area contributed by atoms with Crippen molar-refractivity contribution in [3.63, 3.8) is 0 Å². The Morgan fingerprint density at radius 2 is 2.13 bits per heavy atom. The Bertz CT molecular complexity index is 702. The van der Waals surface area contributed by atoms with Crippen LogP contribution in [0.2, 0.25) is 0 Å². The van der Waals surface area contributed by atoms with Crippen molar-refractivity contribution < 1.29 is 8.42 Å². The maximum absolute atomic E-state index is 12.8. The van der Waals surface area contributed by atoms with E-state index in [9.17, 15) is 13.7 Å². The van der Waals surface area contributed by atoms with E-state index in [-0.39, 0.29) is 17.6 Å². The molecular weight excluding hydrogens is 314 g/mol. The van der Waals surface area contributed by atoms with E-state index in [0.29, 0.717) is 25.0 Å². The minimum absolute atomic E-state index is 0.0784. The Morgan fingerprint density at radius 1 is 1.39 bits per heavy atom. The number of hydrogen-bond donors (Lipinski definition) is 0. The number of imidazole rings is 1. The second kappa shape index (κ2) is 6.23. The Labute approximate surface area is 137 Å². The average Bonchev–Trinajstić information content (AvgIpc) is 3.25. The normalized spacial score (nSPS) is 24.0. The molecule has 1 saturated carbocycles. The average molecular weight is 337 g/mol. The highest BCUT2D eigenvalue weighted by molar-refractivity contribution is 7.89. The van der Waals surface area contributed by atoms with Crippen LogP contribution in [0.1, 0.15) is 26.7 Å². The van der Waals surface area contributed by atoms with Crippen LogP contribution in [0.15, 0.2) is 17.6 Å². The number of piperazine rings is 1. The molecule has 126 valence electrons. The summed E-state index contributed by atoms with van der Waals surface area (Å²) in [6, 6.07) is 2.36. The monoisotopic (exact) mass is 337 g/mol. The molecular formula is C15H23N5O2S. The summed E-state index contributed by atoms with van der Waals surface area (Å²) in [6.45, 7) is 6.15. The summed E-state index contributed by atoms with van der Waals surface area (Å²) in [5.74, 6) is 0.421. The summed E-state index contributed by atoms with van der Waals surface area (Å²) in [4.78, 5) is 6.21. The second-order valence-corrected chi connectivity index (χ2v) is 8.66. The lowest BCUT2D eigenvalue weighted by atomic mass is 10.2. The molecule has 1 aliphatic carbocycles. The molecule has 0 N–H and O–H groups in total. The Balaban J connectivity index is 1.74. The van der Waals surface area contributed by atoms with E-state index in [1.807, 2.05) is 0 Å². The first kappa shape index (κ1) is 16.4. The molecule has 1 saturated heterocycles. The lowest BCUT2D eigenvalue weighted by molar-refractivity contribution is 0.141. The van der Waals surface area contributed by atoms with Gasteiger partial charge in [-0.25, -0.2) is 13.4 Å². The molecule has 1 unspecified atom stereocenters. The molecule has 1 atom stereocenters. The van der Waals surface area contributed by atoms with Gasteiger partial charge in [0.05, 0.1) is 12.4 Å². The number of nitriles is 1. The van der Waals surface area contributed by atoms with Gasteiger partial charge in [-0.2, -0.15) is 9.57 Å². The molecule has 1 aliphatic heterocycles. The predicted molar refractivity (Wildman–Crippen MR) is 85.0 cm³/mol. The fraction of sp³-hybridized carbons (Fsp3) is 0.733. The summed E-state index contributed by atoms with van der Waals surface area (Å²) < 4.78 is 28.7. The summed E-state index contributed by atoms with van der Waals surface area (Å²) in [5.41, 5.74) is 0. The standard InChI is InChI=1S/C15H23N5O2S/c1-12(2)8-18-10-15(17-11-18)23(21,22)19-5-6-20(13-3-4-13)14(7-16)9-19/h10-14H,3-6,8-9H2,1-2H3. The minimum atomic E-state index is -3.63. The maximum atomic E-state index is 12.8. The molecule has 0 amide bonds. The van der Waals surface area contributed by atoms with Crippen LogP contribution in [0.25, 0.3) is 0 Å². The SMILES string of the molecule is CC(C)Cn1cnc(S(=O)(=O)N2CCN(C3CC3)C(C#N)C2)c1. The zero-order valence-electron chi connectivity index (χ0n) is 13.6. The lowest BCUT2D eigenvalue weighted by Gasteiger charge is -2.37. The van der Waals surface area contributed by atoms with Crippen LogP contribution in [0, 0.1) is 17.2 Å². The van der Waals surface area contributed by atoms with E-state index in [0.717, 1.165) is 19.4 Å². The van der Waals surface area contributed by atoms with Gasteiger partial charge < -0.3 is 4.57 Å². The molecule has 3 rings (SSSR count). The zero-order valence-corrected chi connectivity index (χ0v) is 14.4. The van der Waals surface area contributed by atoms with Gasteiger partial charge in [0.25, 0.3) is 10.0 Å². The smallest absolute Gasteiger partial charge is 0.262 e. The summed E-state index contributed by atoms with van der Waals surface area (Å²) in [6.07, 6.45) is 5.38. The van der Waals surface area contributed by atoms with Gasteiger partial charge in [-0.3, -0.25) is 4.90 Å². The quantitative estimate of drug-likeness (QED) is 0.797. The van der Waals surface area contributed by atoms with Gasteiger partial charge in [-0.15, -0.1) is 0 Å². The third-order valence-electron chi connectivity index (χ3n) is 4.34. The first-order valence-corrected chi connectivity index (χ1v) is 9.53. The highest BCUT2D eigenvalue weighted by Crippen LogP contribution is 2.31. The highest BCUT2D eigenvalue weighted by Gasteiger charge is 2.41. The second-order valence-electron chi connectivity index (χ2n) is 6.78. The van der Waals surface area contributed by atoms with E-state index in [1.54, 1.807) is 17.1 Å². The van der Waals surface area contributed by atoms with Gasteiger partial charge in [0, 0.05) is 38.4 Å². The van der Waals surface area contributed by atoms with E-state index >= 15 is 0 Å². The summed E-state index contributed by atoms with van der Waals surface area (Å²) in [7, 11) is -3.63. The molecule has 2 aliphatic rings. The van der Waals surface area contributed by atoms with E-state index < -0.39 is 10.0 Å². The number of sulfonamides is 1. The third kappa shape index (κ3) is 3.42. The van der Waals surface area contributed by atoms with Gasteiger partial charge in [-0.05, 0) is 18.8 Å². The summed E-state index contributed by atoms with van der Waals surface area (Å²) in [5, 5.41) is 9.44. The molecule has 0 radical (unpaired) electrons. The Morgan fingerprint density at radius 3 is 2.74 bits per heavy atom. The molecule has 0 aromatic carbocycles. The number of rotatable bonds is 5. The van der Waals surface area contributed by atoms with Crippen molar-refractivity contribution in [3.05, 3.63) is 12.5 Å². The van der Waals surface area contributed by atoms with Crippen molar-refractivity contribution >= 4 is 10.0 Å². The van der Waals surface area contributed by atoms with Crippen molar-refractivity contribution in [1.29, 1.82) is 5.26 Å². The molecule has 1 aromatic heterocycles. The van der Waals surface area contributed by atoms with Crippen LogP contribution in [0.3, 0.4) is 0 Å². The topological polar surface area (TPSA) is 82.2 Å². The van der Waals surface area contributed by atoms with Crippen molar-refractivity contribution in [2.75, 3.05) is 19.6 Å². The van der Waals surface area contributed by atoms with Gasteiger partial charge in [0.15, 0.2) is 5.03 Å². The van der Waals surface area contributed by atoms with Crippen LogP contribution < -0.4 is 0 Å². The molecule has 0 bridgehead atoms. The van der Waals surface area contributed by atoms with Crippen molar-refractivity contribution in [2.24, 2.45) is 5.92 Å². The molecule has 0 spiro atoms. The largest absolute Gasteiger partial charge is 0.336 e. The lowest BCUT2D eigenvalue weighted by Crippen LogP contribution is -2.54. The van der Waals surface area contributed by atoms with Gasteiger partial charge in [0.2, 0.25) is 0 Å². The molecule has 2 fully saturated rings. The zero-order chi connectivity index (χ0) is 16.6. The molecule has 23 heavy (non-hydrogen) atoms. The molecule has 1 aromatic rings. The van der Waals surface area contributed by atoms with Crippen LogP contribution in [0.4, 0.5) is 0 Å². The number of nitrogens with zero attached hydrogens (tertiary/aromatic N) is 5. The fourth-order valence-electron chi connectivity index (χ4n) is 3.07. The van der Waals surface area contributed by atoms with Crippen molar-refractivity contribution in [2.45, 2.75) is 50.3 Å². The van der Waals surface area contributed by atoms with Crippen LogP contribution >= 0.6 is 0 Å². The van der Waals surface area contributed by atoms with E-state index in [4.69, 9.17) is 0 Å².